The third kappa shape index (κ3) is 2.97. The lowest BCUT2D eigenvalue weighted by atomic mass is 10.3. The van der Waals surface area contributed by atoms with Crippen molar-refractivity contribution in [2.75, 3.05) is 10.6 Å². The first-order valence-electron chi connectivity index (χ1n) is 5.53. The van der Waals surface area contributed by atoms with E-state index in [4.69, 9.17) is 11.6 Å². The van der Waals surface area contributed by atoms with Crippen LogP contribution in [0, 0.1) is 6.92 Å². The molecule has 0 atom stereocenters. The Hall–Kier alpha value is -2.21. The van der Waals surface area contributed by atoms with Gasteiger partial charge in [-0.3, -0.25) is 5.32 Å². The van der Waals surface area contributed by atoms with Gasteiger partial charge in [-0.05, 0) is 25.1 Å². The zero-order valence-corrected chi connectivity index (χ0v) is 11.2. The number of hydrogen-bond acceptors (Lipinski definition) is 3. The highest BCUT2D eigenvalue weighted by Crippen LogP contribution is 2.19. The molecule has 0 bridgehead atoms. The van der Waals surface area contributed by atoms with Crippen LogP contribution in [0.1, 0.15) is 5.69 Å². The van der Waals surface area contributed by atoms with Gasteiger partial charge < -0.3 is 15.0 Å². The lowest BCUT2D eigenvalue weighted by Gasteiger charge is -2.07. The Morgan fingerprint density at radius 3 is 2.74 bits per heavy atom. The molecule has 1 aromatic heterocycles. The number of benzene rings is 1. The monoisotopic (exact) mass is 280 g/mol. The fraction of sp³-hybridized carbons (Fsp3) is 0.167. The number of anilines is 2. The van der Waals surface area contributed by atoms with Crippen LogP contribution < -0.4 is 10.6 Å². The number of amides is 2. The van der Waals surface area contributed by atoms with Crippen LogP contribution in [0.25, 0.3) is 0 Å². The first-order valence-corrected chi connectivity index (χ1v) is 5.91. The normalized spacial score (nSPS) is 10.3. The third-order valence-corrected chi connectivity index (χ3v) is 2.90. The topological polar surface area (TPSA) is 79.2 Å². The Balaban J connectivity index is 2.07. The van der Waals surface area contributed by atoms with Crippen LogP contribution >= 0.6 is 11.6 Å². The summed E-state index contributed by atoms with van der Waals surface area (Å²) >= 11 is 5.82. The molecule has 1 heterocycles. The molecule has 100 valence electrons. The van der Waals surface area contributed by atoms with Crippen LogP contribution in [-0.4, -0.2) is 20.7 Å². The summed E-state index contributed by atoms with van der Waals surface area (Å²) in [6.45, 7) is 1.70. The van der Waals surface area contributed by atoms with E-state index in [1.165, 1.54) is 0 Å². The van der Waals surface area contributed by atoms with Crippen molar-refractivity contribution in [2.45, 2.75) is 6.92 Å². The maximum atomic E-state index is 11.8. The average molecular weight is 281 g/mol. The summed E-state index contributed by atoms with van der Waals surface area (Å²) in [6, 6.07) is 6.32. The number of carbonyl (C=O) groups is 1. The molecule has 2 amide bonds. The Morgan fingerprint density at radius 1 is 1.42 bits per heavy atom. The number of carbonyl (C=O) groups excluding carboxylic acids is 1. The van der Waals surface area contributed by atoms with Crippen LogP contribution in [0.4, 0.5) is 16.4 Å². The molecule has 19 heavy (non-hydrogen) atoms. The second-order valence-electron chi connectivity index (χ2n) is 3.99. The van der Waals surface area contributed by atoms with Crippen molar-refractivity contribution >= 4 is 29.3 Å². The Labute approximate surface area is 115 Å². The summed E-state index contributed by atoms with van der Waals surface area (Å²) in [4.78, 5) is 15.6. The molecule has 3 N–H and O–H groups in total. The maximum absolute atomic E-state index is 11.8. The summed E-state index contributed by atoms with van der Waals surface area (Å²) in [6.07, 6.45) is 0. The highest BCUT2D eigenvalue weighted by Gasteiger charge is 2.12. The summed E-state index contributed by atoms with van der Waals surface area (Å²) < 4.78 is 1.58. The molecule has 0 spiro atoms. The maximum Gasteiger partial charge on any atom is 0.326 e. The Morgan fingerprint density at radius 2 is 2.16 bits per heavy atom. The molecule has 6 nitrogen and oxygen atoms in total. The van der Waals surface area contributed by atoms with Gasteiger partial charge in [-0.2, -0.15) is 4.98 Å². The van der Waals surface area contributed by atoms with Crippen LogP contribution in [0.5, 0.6) is 5.88 Å². The predicted molar refractivity (Wildman–Crippen MR) is 73.7 cm³/mol. The van der Waals surface area contributed by atoms with E-state index in [2.05, 4.69) is 15.6 Å². The summed E-state index contributed by atoms with van der Waals surface area (Å²) in [5.41, 5.74) is 1.14. The van der Waals surface area contributed by atoms with Crippen molar-refractivity contribution in [2.24, 2.45) is 7.05 Å². The minimum atomic E-state index is -0.463. The SMILES string of the molecule is Cc1c(O)nc(NC(=O)Nc2cccc(Cl)c2)n1C. The number of aromatic hydroxyl groups is 1. The van der Waals surface area contributed by atoms with Crippen molar-refractivity contribution in [3.63, 3.8) is 0 Å². The first kappa shape index (κ1) is 13.2. The van der Waals surface area contributed by atoms with Crippen LogP contribution in [-0.2, 0) is 7.05 Å². The van der Waals surface area contributed by atoms with Gasteiger partial charge in [0.1, 0.15) is 0 Å². The lowest BCUT2D eigenvalue weighted by Crippen LogP contribution is -2.21. The van der Waals surface area contributed by atoms with Gasteiger partial charge in [0.2, 0.25) is 11.8 Å². The smallest absolute Gasteiger partial charge is 0.326 e. The number of rotatable bonds is 2. The molecule has 0 radical (unpaired) electrons. The quantitative estimate of drug-likeness (QED) is 0.791. The number of nitrogens with one attached hydrogen (secondary N) is 2. The molecule has 0 saturated carbocycles. The fourth-order valence-electron chi connectivity index (χ4n) is 1.51. The number of urea groups is 1. The average Bonchev–Trinajstić information content (AvgIpc) is 2.57. The second-order valence-corrected chi connectivity index (χ2v) is 4.43. The van der Waals surface area contributed by atoms with Crippen LogP contribution in [0.3, 0.4) is 0 Å². The van der Waals surface area contributed by atoms with Gasteiger partial charge in [-0.1, -0.05) is 17.7 Å². The van der Waals surface area contributed by atoms with Crippen molar-refractivity contribution in [1.29, 1.82) is 0 Å². The van der Waals surface area contributed by atoms with E-state index in [1.807, 2.05) is 0 Å². The molecule has 0 fully saturated rings. The molecular weight excluding hydrogens is 268 g/mol. The van der Waals surface area contributed by atoms with E-state index >= 15 is 0 Å². The number of halogens is 1. The second kappa shape index (κ2) is 5.19. The van der Waals surface area contributed by atoms with Gasteiger partial charge in [-0.25, -0.2) is 4.79 Å². The lowest BCUT2D eigenvalue weighted by molar-refractivity contribution is 0.262. The molecule has 2 aromatic rings. The fourth-order valence-corrected chi connectivity index (χ4v) is 1.70. The standard InChI is InChI=1S/C12H13ClN4O2/c1-7-10(18)15-11(17(7)2)16-12(19)14-9-5-3-4-8(13)6-9/h3-6,18H,1-2H3,(H2,14,15,16,19). The summed E-state index contributed by atoms with van der Waals surface area (Å²) in [5.74, 6) is 0.148. The Kier molecular flexibility index (Phi) is 3.62. The van der Waals surface area contributed by atoms with Crippen molar-refractivity contribution < 1.29 is 9.90 Å². The summed E-state index contributed by atoms with van der Waals surface area (Å²) in [5, 5.41) is 15.1. The zero-order valence-electron chi connectivity index (χ0n) is 10.4. The Bertz CT molecular complexity index is 624. The number of aromatic nitrogens is 2. The van der Waals surface area contributed by atoms with Gasteiger partial charge in [0.25, 0.3) is 0 Å². The van der Waals surface area contributed by atoms with E-state index in [1.54, 1.807) is 42.8 Å². The summed E-state index contributed by atoms with van der Waals surface area (Å²) in [7, 11) is 1.69. The van der Waals surface area contributed by atoms with Gasteiger partial charge in [0, 0.05) is 17.8 Å². The van der Waals surface area contributed by atoms with Crippen LogP contribution in [0.2, 0.25) is 5.02 Å². The molecule has 7 heteroatoms. The minimum Gasteiger partial charge on any atom is -0.492 e. The van der Waals surface area contributed by atoms with Crippen LogP contribution in [0.15, 0.2) is 24.3 Å². The van der Waals surface area contributed by atoms with E-state index in [-0.39, 0.29) is 11.8 Å². The van der Waals surface area contributed by atoms with E-state index in [0.29, 0.717) is 16.4 Å². The van der Waals surface area contributed by atoms with E-state index in [9.17, 15) is 9.90 Å². The molecule has 0 aliphatic heterocycles. The van der Waals surface area contributed by atoms with Gasteiger partial charge >= 0.3 is 6.03 Å². The number of hydrogen-bond donors (Lipinski definition) is 3. The molecule has 1 aromatic carbocycles. The number of nitrogens with zero attached hydrogens (tertiary/aromatic N) is 2. The molecule has 0 aliphatic rings. The third-order valence-electron chi connectivity index (χ3n) is 2.66. The van der Waals surface area contributed by atoms with E-state index < -0.39 is 6.03 Å². The van der Waals surface area contributed by atoms with E-state index in [0.717, 1.165) is 0 Å². The number of imidazole rings is 1. The highest BCUT2D eigenvalue weighted by atomic mass is 35.5. The van der Waals surface area contributed by atoms with Crippen molar-refractivity contribution in [3.8, 4) is 5.88 Å². The van der Waals surface area contributed by atoms with Gasteiger partial charge in [0.15, 0.2) is 0 Å². The molecule has 0 saturated heterocycles. The largest absolute Gasteiger partial charge is 0.492 e. The van der Waals surface area contributed by atoms with Crippen molar-refractivity contribution in [1.82, 2.24) is 9.55 Å². The minimum absolute atomic E-state index is 0.111. The molecule has 2 rings (SSSR count). The predicted octanol–water partition coefficient (Wildman–Crippen LogP) is 2.73. The first-order chi connectivity index (χ1) is 8.97. The van der Waals surface area contributed by atoms with Gasteiger partial charge in [-0.15, -0.1) is 0 Å². The zero-order chi connectivity index (χ0) is 14.0. The molecule has 0 unspecified atom stereocenters. The van der Waals surface area contributed by atoms with Crippen molar-refractivity contribution in [3.05, 3.63) is 35.0 Å². The molecule has 0 aliphatic carbocycles. The highest BCUT2D eigenvalue weighted by molar-refractivity contribution is 6.30. The van der Waals surface area contributed by atoms with Gasteiger partial charge in [0.05, 0.1) is 5.69 Å². The molecular formula is C12H13ClN4O2.